The molecule has 0 aliphatic rings. The van der Waals surface area contributed by atoms with E-state index in [-0.39, 0.29) is 0 Å². The van der Waals surface area contributed by atoms with E-state index in [9.17, 15) is 0 Å². The lowest BCUT2D eigenvalue weighted by atomic mass is 10.2. The number of nitrogens with zero attached hydrogens (tertiary/aromatic N) is 1. The highest BCUT2D eigenvalue weighted by atomic mass is 79.9. The third-order valence-corrected chi connectivity index (χ3v) is 3.13. The number of rotatable bonds is 0. The molecule has 0 bridgehead atoms. The summed E-state index contributed by atoms with van der Waals surface area (Å²) in [6.45, 7) is 0. The Labute approximate surface area is 97.4 Å². The molecular weight excluding hydrogens is 317 g/mol. The van der Waals surface area contributed by atoms with Crippen LogP contribution in [0.2, 0.25) is 5.02 Å². The van der Waals surface area contributed by atoms with Crippen LogP contribution in [0.1, 0.15) is 0 Å². The molecule has 0 unspecified atom stereocenters. The van der Waals surface area contributed by atoms with Crippen LogP contribution in [0.5, 0.6) is 0 Å². The second kappa shape index (κ2) is 3.56. The molecule has 0 amide bonds. The Morgan fingerprint density at radius 3 is 2.62 bits per heavy atom. The Hall–Kier alpha value is -0.120. The van der Waals surface area contributed by atoms with Gasteiger partial charge in [-0.1, -0.05) is 11.6 Å². The maximum Gasteiger partial charge on any atom is 0.106 e. The summed E-state index contributed by atoms with van der Waals surface area (Å²) in [5, 5.41) is 1.68. The SMILES string of the molecule is Clc1ccc(Br)c2nc(Br)ccc12. The van der Waals surface area contributed by atoms with Gasteiger partial charge < -0.3 is 0 Å². The quantitative estimate of drug-likeness (QED) is 0.655. The number of pyridine rings is 1. The normalized spacial score (nSPS) is 10.7. The summed E-state index contributed by atoms with van der Waals surface area (Å²) in [5.74, 6) is 0. The molecule has 2 aromatic rings. The van der Waals surface area contributed by atoms with E-state index in [0.29, 0.717) is 0 Å². The van der Waals surface area contributed by atoms with Crippen molar-refractivity contribution >= 4 is 54.4 Å². The molecule has 0 spiro atoms. The molecule has 1 aromatic carbocycles. The van der Waals surface area contributed by atoms with E-state index in [1.54, 1.807) is 0 Å². The first-order chi connectivity index (χ1) is 6.18. The van der Waals surface area contributed by atoms with Gasteiger partial charge in [0.25, 0.3) is 0 Å². The largest absolute Gasteiger partial charge is 0.240 e. The minimum atomic E-state index is 0.721. The molecule has 0 aliphatic carbocycles. The van der Waals surface area contributed by atoms with Gasteiger partial charge in [0.2, 0.25) is 0 Å². The number of halogens is 3. The van der Waals surface area contributed by atoms with Gasteiger partial charge >= 0.3 is 0 Å². The zero-order valence-corrected chi connectivity index (χ0v) is 10.3. The summed E-state index contributed by atoms with van der Waals surface area (Å²) in [5.41, 5.74) is 0.877. The zero-order valence-electron chi connectivity index (χ0n) is 6.39. The van der Waals surface area contributed by atoms with E-state index in [1.807, 2.05) is 24.3 Å². The highest BCUT2D eigenvalue weighted by Crippen LogP contribution is 2.29. The average molecular weight is 321 g/mol. The Bertz CT molecular complexity index is 470. The van der Waals surface area contributed by atoms with E-state index in [1.165, 1.54) is 0 Å². The molecule has 0 N–H and O–H groups in total. The van der Waals surface area contributed by atoms with Crippen LogP contribution in [0.3, 0.4) is 0 Å². The number of hydrogen-bond acceptors (Lipinski definition) is 1. The van der Waals surface area contributed by atoms with Crippen LogP contribution in [-0.4, -0.2) is 4.98 Å². The van der Waals surface area contributed by atoms with Crippen molar-refractivity contribution in [3.05, 3.63) is 38.4 Å². The van der Waals surface area contributed by atoms with Gasteiger partial charge in [-0.3, -0.25) is 0 Å². The Morgan fingerprint density at radius 1 is 1.08 bits per heavy atom. The lowest BCUT2D eigenvalue weighted by Crippen LogP contribution is -1.82. The lowest BCUT2D eigenvalue weighted by Gasteiger charge is -2.01. The van der Waals surface area contributed by atoms with Gasteiger partial charge in [0.1, 0.15) is 4.60 Å². The molecule has 0 atom stereocenters. The first kappa shape index (κ1) is 9.44. The standard InChI is InChI=1S/C9H4Br2ClN/c10-6-2-3-7(12)5-1-4-8(11)13-9(5)6/h1-4H. The van der Waals surface area contributed by atoms with Crippen LogP contribution < -0.4 is 0 Å². The molecule has 66 valence electrons. The summed E-state index contributed by atoms with van der Waals surface area (Å²) in [7, 11) is 0. The fourth-order valence-corrected chi connectivity index (χ4v) is 2.08. The lowest BCUT2D eigenvalue weighted by molar-refractivity contribution is 1.34. The van der Waals surface area contributed by atoms with Crippen LogP contribution in [0.25, 0.3) is 10.9 Å². The Balaban J connectivity index is 2.92. The van der Waals surface area contributed by atoms with Gasteiger partial charge in [0.15, 0.2) is 0 Å². The van der Waals surface area contributed by atoms with Crippen LogP contribution in [0, 0.1) is 0 Å². The third-order valence-electron chi connectivity index (χ3n) is 1.72. The molecule has 4 heteroatoms. The second-order valence-corrected chi connectivity index (χ2v) is 4.63. The monoisotopic (exact) mass is 319 g/mol. The maximum absolute atomic E-state index is 6.01. The molecule has 0 saturated carbocycles. The zero-order chi connectivity index (χ0) is 9.42. The van der Waals surface area contributed by atoms with E-state index in [0.717, 1.165) is 25.0 Å². The maximum atomic E-state index is 6.01. The van der Waals surface area contributed by atoms with Crippen LogP contribution in [0.4, 0.5) is 0 Å². The van der Waals surface area contributed by atoms with Crippen LogP contribution >= 0.6 is 43.5 Å². The molecule has 2 rings (SSSR count). The van der Waals surface area contributed by atoms with Crippen molar-refractivity contribution in [3.63, 3.8) is 0 Å². The predicted octanol–water partition coefficient (Wildman–Crippen LogP) is 4.41. The van der Waals surface area contributed by atoms with Crippen molar-refractivity contribution in [1.82, 2.24) is 4.98 Å². The molecule has 0 aliphatic heterocycles. The number of aromatic nitrogens is 1. The van der Waals surface area contributed by atoms with Gasteiger partial charge in [0, 0.05) is 9.86 Å². The smallest absolute Gasteiger partial charge is 0.106 e. The topological polar surface area (TPSA) is 12.9 Å². The molecular formula is C9H4Br2ClN. The molecule has 13 heavy (non-hydrogen) atoms. The van der Waals surface area contributed by atoms with Gasteiger partial charge in [-0.2, -0.15) is 0 Å². The number of hydrogen-bond donors (Lipinski definition) is 0. The predicted molar refractivity (Wildman–Crippen MR) is 62.2 cm³/mol. The van der Waals surface area contributed by atoms with Crippen molar-refractivity contribution in [2.75, 3.05) is 0 Å². The highest BCUT2D eigenvalue weighted by Gasteiger charge is 2.03. The average Bonchev–Trinajstić information content (AvgIpc) is 2.12. The van der Waals surface area contributed by atoms with Crippen LogP contribution in [0.15, 0.2) is 33.3 Å². The van der Waals surface area contributed by atoms with Crippen molar-refractivity contribution < 1.29 is 0 Å². The summed E-state index contributed by atoms with van der Waals surface area (Å²) in [4.78, 5) is 4.32. The van der Waals surface area contributed by atoms with Crippen molar-refractivity contribution in [2.45, 2.75) is 0 Å². The summed E-state index contributed by atoms with van der Waals surface area (Å²) in [6, 6.07) is 7.56. The van der Waals surface area contributed by atoms with Gasteiger partial charge in [0.05, 0.1) is 10.5 Å². The number of fused-ring (bicyclic) bond motifs is 1. The van der Waals surface area contributed by atoms with Gasteiger partial charge in [-0.15, -0.1) is 0 Å². The van der Waals surface area contributed by atoms with Crippen molar-refractivity contribution in [2.24, 2.45) is 0 Å². The fraction of sp³-hybridized carbons (Fsp3) is 0. The first-order valence-electron chi connectivity index (χ1n) is 3.59. The molecule has 1 aromatic heterocycles. The van der Waals surface area contributed by atoms with Crippen LogP contribution in [-0.2, 0) is 0 Å². The van der Waals surface area contributed by atoms with Gasteiger partial charge in [-0.05, 0) is 56.1 Å². The summed E-state index contributed by atoms with van der Waals surface area (Å²) in [6.07, 6.45) is 0. The third kappa shape index (κ3) is 1.73. The van der Waals surface area contributed by atoms with E-state index >= 15 is 0 Å². The van der Waals surface area contributed by atoms with E-state index in [4.69, 9.17) is 11.6 Å². The summed E-state index contributed by atoms with van der Waals surface area (Å²) >= 11 is 12.7. The first-order valence-corrected chi connectivity index (χ1v) is 5.55. The molecule has 0 fully saturated rings. The highest BCUT2D eigenvalue weighted by molar-refractivity contribution is 9.11. The molecule has 1 heterocycles. The fourth-order valence-electron chi connectivity index (χ4n) is 1.13. The molecule has 1 nitrogen and oxygen atoms in total. The Kier molecular flexibility index (Phi) is 2.58. The minimum Gasteiger partial charge on any atom is -0.240 e. The number of benzene rings is 1. The summed E-state index contributed by atoms with van der Waals surface area (Å²) < 4.78 is 1.76. The van der Waals surface area contributed by atoms with E-state index < -0.39 is 0 Å². The van der Waals surface area contributed by atoms with Crippen molar-refractivity contribution in [3.8, 4) is 0 Å². The second-order valence-electron chi connectivity index (χ2n) is 2.56. The Morgan fingerprint density at radius 2 is 1.85 bits per heavy atom. The van der Waals surface area contributed by atoms with Crippen molar-refractivity contribution in [1.29, 1.82) is 0 Å². The van der Waals surface area contributed by atoms with Gasteiger partial charge in [-0.25, -0.2) is 4.98 Å². The molecule has 0 radical (unpaired) electrons. The molecule has 0 saturated heterocycles. The minimum absolute atomic E-state index is 0.721. The van der Waals surface area contributed by atoms with E-state index in [2.05, 4.69) is 36.8 Å².